The van der Waals surface area contributed by atoms with E-state index in [4.69, 9.17) is 0 Å². The molecule has 5 fully saturated rings. The van der Waals surface area contributed by atoms with Gasteiger partial charge in [-0.25, -0.2) is 0 Å². The number of anilines is 1. The fourth-order valence-corrected chi connectivity index (χ4v) is 7.32. The number of benzene rings is 1. The van der Waals surface area contributed by atoms with E-state index < -0.39 is 0 Å². The Balaban J connectivity index is 1.25. The van der Waals surface area contributed by atoms with Gasteiger partial charge < -0.3 is 20.6 Å². The Kier molecular flexibility index (Phi) is 4.80. The monoisotopic (exact) mass is 411 g/mol. The van der Waals surface area contributed by atoms with Crippen LogP contribution in [-0.2, 0) is 4.79 Å². The van der Waals surface area contributed by atoms with Crippen LogP contribution in [0.4, 0.5) is 5.69 Å². The topological polar surface area (TPSA) is 81.7 Å². The van der Waals surface area contributed by atoms with E-state index in [9.17, 15) is 14.7 Å². The number of carbonyl (C=O) groups is 2. The quantitative estimate of drug-likeness (QED) is 0.695. The second kappa shape index (κ2) is 7.26. The zero-order valence-corrected chi connectivity index (χ0v) is 17.8. The first-order valence-corrected chi connectivity index (χ1v) is 11.4. The average molecular weight is 412 g/mol. The van der Waals surface area contributed by atoms with Gasteiger partial charge in [-0.15, -0.1) is 0 Å². The van der Waals surface area contributed by atoms with Crippen LogP contribution in [0.5, 0.6) is 0 Å². The summed E-state index contributed by atoms with van der Waals surface area (Å²) in [6.45, 7) is 3.52. The second-order valence-corrected chi connectivity index (χ2v) is 10.5. The number of rotatable bonds is 5. The fraction of sp³-hybridized carbons (Fsp3) is 0.667. The highest BCUT2D eigenvalue weighted by Gasteiger charge is 2.57. The van der Waals surface area contributed by atoms with Crippen LogP contribution >= 0.6 is 0 Å². The van der Waals surface area contributed by atoms with E-state index in [1.165, 1.54) is 6.42 Å². The normalized spacial score (nSPS) is 36.7. The first-order valence-electron chi connectivity index (χ1n) is 11.4. The van der Waals surface area contributed by atoms with Gasteiger partial charge in [0.2, 0.25) is 5.91 Å². The molecule has 1 aromatic carbocycles. The predicted molar refractivity (Wildman–Crippen MR) is 115 cm³/mol. The third-order valence-electron chi connectivity index (χ3n) is 7.99. The molecular weight excluding hydrogens is 378 g/mol. The SMILES string of the molecule is CC(=O)NC1CCN(c2ccc(C(=O)NC34CC5CC(CC(CO)(C5)C3)C4)cc2)C1. The Morgan fingerprint density at radius 3 is 2.47 bits per heavy atom. The lowest BCUT2D eigenvalue weighted by molar-refractivity contribution is -0.119. The van der Waals surface area contributed by atoms with Crippen LogP contribution < -0.4 is 15.5 Å². The molecule has 3 N–H and O–H groups in total. The van der Waals surface area contributed by atoms with E-state index in [0.29, 0.717) is 17.4 Å². The van der Waals surface area contributed by atoms with Crippen molar-refractivity contribution in [1.29, 1.82) is 0 Å². The van der Waals surface area contributed by atoms with Crippen LogP contribution in [0.15, 0.2) is 24.3 Å². The third kappa shape index (κ3) is 3.59. The predicted octanol–water partition coefficient (Wildman–Crippen LogP) is 2.46. The van der Waals surface area contributed by atoms with Gasteiger partial charge in [0.25, 0.3) is 5.91 Å². The molecule has 4 aliphatic carbocycles. The van der Waals surface area contributed by atoms with Gasteiger partial charge in [0.15, 0.2) is 0 Å². The van der Waals surface area contributed by atoms with Crippen LogP contribution in [0.2, 0.25) is 0 Å². The van der Waals surface area contributed by atoms with Gasteiger partial charge >= 0.3 is 0 Å². The third-order valence-corrected chi connectivity index (χ3v) is 7.99. The maximum atomic E-state index is 13.1. The van der Waals surface area contributed by atoms with E-state index in [1.807, 2.05) is 24.3 Å². The summed E-state index contributed by atoms with van der Waals surface area (Å²) in [4.78, 5) is 26.6. The smallest absolute Gasteiger partial charge is 0.251 e. The van der Waals surface area contributed by atoms with Gasteiger partial charge in [-0.3, -0.25) is 9.59 Å². The van der Waals surface area contributed by atoms with Gasteiger partial charge in [0.05, 0.1) is 0 Å². The van der Waals surface area contributed by atoms with E-state index in [0.717, 1.165) is 57.3 Å². The maximum absolute atomic E-state index is 13.1. The lowest BCUT2D eigenvalue weighted by Gasteiger charge is -2.61. The molecule has 6 nitrogen and oxygen atoms in total. The molecule has 30 heavy (non-hydrogen) atoms. The molecule has 0 radical (unpaired) electrons. The molecule has 0 spiro atoms. The highest BCUT2D eigenvalue weighted by atomic mass is 16.3. The molecule has 2 amide bonds. The summed E-state index contributed by atoms with van der Waals surface area (Å²) in [5, 5.41) is 16.5. The molecule has 4 saturated carbocycles. The van der Waals surface area contributed by atoms with E-state index in [-0.39, 0.29) is 35.4 Å². The molecule has 1 heterocycles. The molecule has 162 valence electrons. The summed E-state index contributed by atoms with van der Waals surface area (Å²) in [5.74, 6) is 1.32. The zero-order valence-electron chi connectivity index (χ0n) is 17.8. The molecule has 1 saturated heterocycles. The zero-order chi connectivity index (χ0) is 20.9. The van der Waals surface area contributed by atoms with Crippen LogP contribution in [0.25, 0.3) is 0 Å². The minimum Gasteiger partial charge on any atom is -0.396 e. The molecule has 0 aromatic heterocycles. The number of amides is 2. The van der Waals surface area contributed by atoms with Crippen molar-refractivity contribution in [2.75, 3.05) is 24.6 Å². The van der Waals surface area contributed by atoms with Gasteiger partial charge in [-0.2, -0.15) is 0 Å². The van der Waals surface area contributed by atoms with Crippen molar-refractivity contribution in [2.45, 2.75) is 63.5 Å². The molecule has 1 aromatic rings. The van der Waals surface area contributed by atoms with Crippen molar-refractivity contribution in [3.05, 3.63) is 29.8 Å². The molecule has 5 aliphatic rings. The number of aliphatic hydroxyl groups excluding tert-OH is 1. The minimum atomic E-state index is -0.136. The Hall–Kier alpha value is -2.08. The highest BCUT2D eigenvalue weighted by molar-refractivity contribution is 5.95. The summed E-state index contributed by atoms with van der Waals surface area (Å²) in [6, 6.07) is 8.05. The van der Waals surface area contributed by atoms with Crippen molar-refractivity contribution >= 4 is 17.5 Å². The number of nitrogens with zero attached hydrogens (tertiary/aromatic N) is 1. The van der Waals surface area contributed by atoms with E-state index in [1.54, 1.807) is 6.92 Å². The lowest BCUT2D eigenvalue weighted by Crippen LogP contribution is -2.63. The molecule has 1 aliphatic heterocycles. The summed E-state index contributed by atoms with van der Waals surface area (Å²) >= 11 is 0. The Morgan fingerprint density at radius 2 is 1.83 bits per heavy atom. The van der Waals surface area contributed by atoms with Crippen LogP contribution in [0.3, 0.4) is 0 Å². The first-order chi connectivity index (χ1) is 14.4. The van der Waals surface area contributed by atoms with Crippen molar-refractivity contribution in [2.24, 2.45) is 17.3 Å². The van der Waals surface area contributed by atoms with E-state index in [2.05, 4.69) is 15.5 Å². The number of hydrogen-bond donors (Lipinski definition) is 3. The van der Waals surface area contributed by atoms with Crippen molar-refractivity contribution in [3.63, 3.8) is 0 Å². The molecule has 6 heteroatoms. The van der Waals surface area contributed by atoms with Crippen LogP contribution in [-0.4, -0.2) is 48.2 Å². The largest absolute Gasteiger partial charge is 0.396 e. The highest BCUT2D eigenvalue weighted by Crippen LogP contribution is 2.61. The lowest BCUT2D eigenvalue weighted by atomic mass is 9.47. The summed E-state index contributed by atoms with van der Waals surface area (Å²) in [6.07, 6.45) is 7.51. The van der Waals surface area contributed by atoms with Crippen LogP contribution in [0, 0.1) is 17.3 Å². The number of carbonyl (C=O) groups excluding carboxylic acids is 2. The Morgan fingerprint density at radius 1 is 1.13 bits per heavy atom. The molecule has 6 rings (SSSR count). The van der Waals surface area contributed by atoms with Gasteiger partial charge in [-0.1, -0.05) is 0 Å². The summed E-state index contributed by atoms with van der Waals surface area (Å²) in [5.41, 5.74) is 1.68. The fourth-order valence-electron chi connectivity index (χ4n) is 7.32. The second-order valence-electron chi connectivity index (χ2n) is 10.5. The first kappa shape index (κ1) is 19.9. The standard InChI is InChI=1S/C24H33N3O3/c1-16(29)25-20-6-7-27(13-20)21-4-2-19(3-5-21)22(30)26-24-11-17-8-18(12-24)10-23(9-17,14-24)15-28/h2-5,17-18,20,28H,6-15H2,1H3,(H,25,29)(H,26,30). The maximum Gasteiger partial charge on any atom is 0.251 e. The molecule has 4 bridgehead atoms. The number of nitrogens with one attached hydrogen (secondary N) is 2. The Labute approximate surface area is 178 Å². The summed E-state index contributed by atoms with van der Waals surface area (Å²) in [7, 11) is 0. The van der Waals surface area contributed by atoms with Gasteiger partial charge in [0, 0.05) is 49.5 Å². The number of aliphatic hydroxyl groups is 1. The van der Waals surface area contributed by atoms with Gasteiger partial charge in [0.1, 0.15) is 0 Å². The van der Waals surface area contributed by atoms with Crippen molar-refractivity contribution in [3.8, 4) is 0 Å². The van der Waals surface area contributed by atoms with Crippen LogP contribution in [0.1, 0.15) is 62.2 Å². The average Bonchev–Trinajstić information content (AvgIpc) is 3.14. The van der Waals surface area contributed by atoms with E-state index >= 15 is 0 Å². The minimum absolute atomic E-state index is 0.00846. The van der Waals surface area contributed by atoms with Crippen molar-refractivity contribution in [1.82, 2.24) is 10.6 Å². The number of hydrogen-bond acceptors (Lipinski definition) is 4. The molecular formula is C24H33N3O3. The Bertz CT molecular complexity index is 823. The van der Waals surface area contributed by atoms with Crippen molar-refractivity contribution < 1.29 is 14.7 Å². The molecule has 3 atom stereocenters. The summed E-state index contributed by atoms with van der Waals surface area (Å²) < 4.78 is 0. The molecule has 3 unspecified atom stereocenters. The van der Waals surface area contributed by atoms with Gasteiger partial charge in [-0.05, 0) is 86.5 Å².